The molecule has 0 radical (unpaired) electrons. The number of rotatable bonds is 6. The zero-order valence-electron chi connectivity index (χ0n) is 13.3. The standard InChI is InChI=1S/C19H19NO4/c1-24-16-10-6-5-9-13(16)17(12-7-3-2-4-8-12)20-18(21)14-11-15(14)19(22)23/h2-10,14-15,17H,11H2,1H3,(H,20,21)(H,22,23)/t14-,15+,17-/m1/s1. The summed E-state index contributed by atoms with van der Waals surface area (Å²) in [6.45, 7) is 0. The zero-order chi connectivity index (χ0) is 17.1. The molecule has 0 saturated heterocycles. The number of ether oxygens (including phenoxy) is 1. The number of carbonyl (C=O) groups excluding carboxylic acids is 1. The third kappa shape index (κ3) is 3.25. The second kappa shape index (κ2) is 6.74. The van der Waals surface area contributed by atoms with Crippen molar-refractivity contribution in [3.05, 3.63) is 65.7 Å². The van der Waals surface area contributed by atoms with Crippen LogP contribution in [0.5, 0.6) is 5.75 Å². The van der Waals surface area contributed by atoms with E-state index in [1.165, 1.54) is 0 Å². The molecule has 1 fully saturated rings. The van der Waals surface area contributed by atoms with Crippen molar-refractivity contribution in [2.75, 3.05) is 7.11 Å². The number of hydrogen-bond donors (Lipinski definition) is 2. The third-order valence-electron chi connectivity index (χ3n) is 4.31. The van der Waals surface area contributed by atoms with E-state index in [-0.39, 0.29) is 11.9 Å². The number of carbonyl (C=O) groups is 2. The molecule has 0 spiro atoms. The number of para-hydroxylation sites is 1. The largest absolute Gasteiger partial charge is 0.496 e. The Labute approximate surface area is 140 Å². The number of amides is 1. The Morgan fingerprint density at radius 3 is 2.38 bits per heavy atom. The lowest BCUT2D eigenvalue weighted by Gasteiger charge is -2.22. The number of methoxy groups -OCH3 is 1. The van der Waals surface area contributed by atoms with Crippen LogP contribution in [0, 0.1) is 11.8 Å². The molecule has 0 heterocycles. The lowest BCUT2D eigenvalue weighted by Crippen LogP contribution is -2.31. The molecule has 0 aromatic heterocycles. The summed E-state index contributed by atoms with van der Waals surface area (Å²) in [5.74, 6) is -1.49. The smallest absolute Gasteiger partial charge is 0.307 e. The molecule has 124 valence electrons. The Kier molecular flexibility index (Phi) is 4.51. The molecule has 5 heteroatoms. The Balaban J connectivity index is 1.89. The van der Waals surface area contributed by atoms with Crippen LogP contribution in [-0.4, -0.2) is 24.1 Å². The lowest BCUT2D eigenvalue weighted by atomic mass is 9.97. The van der Waals surface area contributed by atoms with Crippen LogP contribution in [0.15, 0.2) is 54.6 Å². The van der Waals surface area contributed by atoms with Crippen LogP contribution >= 0.6 is 0 Å². The predicted octanol–water partition coefficient (Wildman–Crippen LogP) is 2.62. The van der Waals surface area contributed by atoms with E-state index in [1.54, 1.807) is 7.11 Å². The highest BCUT2D eigenvalue weighted by Crippen LogP contribution is 2.40. The average molecular weight is 325 g/mol. The molecule has 3 atom stereocenters. The number of carboxylic acids is 1. The molecular formula is C19H19NO4. The first-order valence-corrected chi connectivity index (χ1v) is 7.83. The molecule has 1 saturated carbocycles. The van der Waals surface area contributed by atoms with Crippen molar-refractivity contribution < 1.29 is 19.4 Å². The monoisotopic (exact) mass is 325 g/mol. The normalized spacial score (nSPS) is 20.0. The topological polar surface area (TPSA) is 75.6 Å². The predicted molar refractivity (Wildman–Crippen MR) is 88.7 cm³/mol. The number of nitrogens with one attached hydrogen (secondary N) is 1. The second-order valence-electron chi connectivity index (χ2n) is 5.88. The number of carboxylic acid groups (broad SMARTS) is 1. The summed E-state index contributed by atoms with van der Waals surface area (Å²) in [4.78, 5) is 23.5. The summed E-state index contributed by atoms with van der Waals surface area (Å²) in [5.41, 5.74) is 1.76. The van der Waals surface area contributed by atoms with E-state index in [1.807, 2.05) is 54.6 Å². The molecule has 1 aliphatic carbocycles. The Morgan fingerprint density at radius 2 is 1.75 bits per heavy atom. The number of aliphatic carboxylic acids is 1. The van der Waals surface area contributed by atoms with E-state index in [0.29, 0.717) is 12.2 Å². The summed E-state index contributed by atoms with van der Waals surface area (Å²) in [5, 5.41) is 12.0. The molecule has 2 N–H and O–H groups in total. The van der Waals surface area contributed by atoms with Gasteiger partial charge in [0.2, 0.25) is 5.91 Å². The minimum atomic E-state index is -0.913. The third-order valence-corrected chi connectivity index (χ3v) is 4.31. The Hall–Kier alpha value is -2.82. The van der Waals surface area contributed by atoms with Crippen molar-refractivity contribution >= 4 is 11.9 Å². The van der Waals surface area contributed by atoms with Crippen molar-refractivity contribution in [1.29, 1.82) is 0 Å². The van der Waals surface area contributed by atoms with Crippen LogP contribution in [0.3, 0.4) is 0 Å². The molecule has 1 amide bonds. The molecular weight excluding hydrogens is 306 g/mol. The molecule has 3 rings (SSSR count). The van der Waals surface area contributed by atoms with Gasteiger partial charge in [-0.05, 0) is 18.1 Å². The fourth-order valence-corrected chi connectivity index (χ4v) is 2.90. The molecule has 0 unspecified atom stereocenters. The van der Waals surface area contributed by atoms with Crippen molar-refractivity contribution in [2.45, 2.75) is 12.5 Å². The van der Waals surface area contributed by atoms with Gasteiger partial charge in [-0.3, -0.25) is 9.59 Å². The van der Waals surface area contributed by atoms with Crippen LogP contribution in [0.2, 0.25) is 0 Å². The highest BCUT2D eigenvalue weighted by atomic mass is 16.5. The molecule has 5 nitrogen and oxygen atoms in total. The summed E-state index contributed by atoms with van der Waals surface area (Å²) < 4.78 is 5.42. The van der Waals surface area contributed by atoms with E-state index < -0.39 is 17.8 Å². The quantitative estimate of drug-likeness (QED) is 0.856. The first-order chi connectivity index (χ1) is 11.6. The van der Waals surface area contributed by atoms with Gasteiger partial charge in [-0.15, -0.1) is 0 Å². The summed E-state index contributed by atoms with van der Waals surface area (Å²) in [6, 6.07) is 16.7. The maximum Gasteiger partial charge on any atom is 0.307 e. The summed E-state index contributed by atoms with van der Waals surface area (Å²) in [6.07, 6.45) is 0.397. The molecule has 24 heavy (non-hydrogen) atoms. The Bertz CT molecular complexity index is 744. The van der Waals surface area contributed by atoms with Gasteiger partial charge in [-0.2, -0.15) is 0 Å². The van der Waals surface area contributed by atoms with E-state index in [9.17, 15) is 9.59 Å². The van der Waals surface area contributed by atoms with E-state index >= 15 is 0 Å². The van der Waals surface area contributed by atoms with Gasteiger partial charge in [-0.1, -0.05) is 48.5 Å². The van der Waals surface area contributed by atoms with Crippen LogP contribution in [0.25, 0.3) is 0 Å². The SMILES string of the molecule is COc1ccccc1[C@H](NC(=O)[C@@H]1C[C@@H]1C(=O)O)c1ccccc1. The van der Waals surface area contributed by atoms with Gasteiger partial charge < -0.3 is 15.2 Å². The van der Waals surface area contributed by atoms with Crippen LogP contribution < -0.4 is 10.1 Å². The van der Waals surface area contributed by atoms with E-state index in [0.717, 1.165) is 11.1 Å². The molecule has 2 aromatic carbocycles. The van der Waals surface area contributed by atoms with Gasteiger partial charge in [0, 0.05) is 5.56 Å². The highest BCUT2D eigenvalue weighted by molar-refractivity contribution is 5.89. The van der Waals surface area contributed by atoms with Gasteiger partial charge in [0.05, 0.1) is 25.0 Å². The molecule has 0 bridgehead atoms. The van der Waals surface area contributed by atoms with Gasteiger partial charge in [0.15, 0.2) is 0 Å². The van der Waals surface area contributed by atoms with E-state index in [4.69, 9.17) is 9.84 Å². The van der Waals surface area contributed by atoms with Crippen LogP contribution in [-0.2, 0) is 9.59 Å². The maximum absolute atomic E-state index is 12.5. The van der Waals surface area contributed by atoms with Gasteiger partial charge in [-0.25, -0.2) is 0 Å². The lowest BCUT2D eigenvalue weighted by molar-refractivity contribution is -0.140. The van der Waals surface area contributed by atoms with Crippen LogP contribution in [0.1, 0.15) is 23.6 Å². The van der Waals surface area contributed by atoms with Crippen molar-refractivity contribution in [1.82, 2.24) is 5.32 Å². The fraction of sp³-hybridized carbons (Fsp3) is 0.263. The zero-order valence-corrected chi connectivity index (χ0v) is 13.3. The summed E-state index contributed by atoms with van der Waals surface area (Å²) >= 11 is 0. The first kappa shape index (κ1) is 16.1. The number of hydrogen-bond acceptors (Lipinski definition) is 3. The first-order valence-electron chi connectivity index (χ1n) is 7.83. The van der Waals surface area contributed by atoms with Crippen molar-refractivity contribution in [3.8, 4) is 5.75 Å². The molecule has 1 aliphatic rings. The minimum absolute atomic E-state index is 0.234. The maximum atomic E-state index is 12.5. The average Bonchev–Trinajstić information content (AvgIpc) is 3.41. The Morgan fingerprint density at radius 1 is 1.08 bits per heavy atom. The second-order valence-corrected chi connectivity index (χ2v) is 5.88. The fourth-order valence-electron chi connectivity index (χ4n) is 2.90. The van der Waals surface area contributed by atoms with Crippen molar-refractivity contribution in [3.63, 3.8) is 0 Å². The highest BCUT2D eigenvalue weighted by Gasteiger charge is 2.48. The van der Waals surface area contributed by atoms with Crippen molar-refractivity contribution in [2.24, 2.45) is 11.8 Å². The minimum Gasteiger partial charge on any atom is -0.496 e. The molecule has 0 aliphatic heterocycles. The van der Waals surface area contributed by atoms with Gasteiger partial charge in [0.25, 0.3) is 0 Å². The summed E-state index contributed by atoms with van der Waals surface area (Å²) in [7, 11) is 1.59. The number of benzene rings is 2. The van der Waals surface area contributed by atoms with Crippen LogP contribution in [0.4, 0.5) is 0 Å². The van der Waals surface area contributed by atoms with E-state index in [2.05, 4.69) is 5.32 Å². The molecule has 2 aromatic rings. The van der Waals surface area contributed by atoms with Gasteiger partial charge >= 0.3 is 5.97 Å². The van der Waals surface area contributed by atoms with Gasteiger partial charge in [0.1, 0.15) is 5.75 Å².